The summed E-state index contributed by atoms with van der Waals surface area (Å²) in [6.07, 6.45) is 0. The van der Waals surface area contributed by atoms with Crippen LogP contribution in [-0.4, -0.2) is 68.0 Å². The lowest BCUT2D eigenvalue weighted by Gasteiger charge is -2.38. The van der Waals surface area contributed by atoms with Crippen molar-refractivity contribution in [2.45, 2.75) is 12.8 Å². The minimum Gasteiger partial charge on any atom is -0.497 e. The van der Waals surface area contributed by atoms with E-state index in [1.54, 1.807) is 24.1 Å². The number of hydrogen-bond acceptors (Lipinski definition) is 4. The molecule has 2 unspecified atom stereocenters. The number of anilines is 1. The van der Waals surface area contributed by atoms with E-state index in [9.17, 15) is 14.0 Å². The van der Waals surface area contributed by atoms with Crippen LogP contribution in [0.1, 0.15) is 27.4 Å². The van der Waals surface area contributed by atoms with Crippen LogP contribution < -0.4 is 9.64 Å². The number of piperazine rings is 1. The number of amides is 2. The number of likely N-dealkylation sites (tertiary alicyclic amines) is 1. The van der Waals surface area contributed by atoms with Crippen molar-refractivity contribution in [1.82, 2.24) is 9.80 Å². The normalized spacial score (nSPS) is 19.7. The third kappa shape index (κ3) is 5.03. The number of aryl methyl sites for hydroxylation is 1. The van der Waals surface area contributed by atoms with Crippen LogP contribution in [0.2, 0.25) is 0 Å². The number of carbonyl (C=O) groups is 2. The van der Waals surface area contributed by atoms with E-state index in [0.717, 1.165) is 24.4 Å². The minimum absolute atomic E-state index is 0.0379. The van der Waals surface area contributed by atoms with Crippen molar-refractivity contribution in [3.05, 3.63) is 95.3 Å². The smallest absolute Gasteiger partial charge is 0.256 e. The van der Waals surface area contributed by atoms with Crippen molar-refractivity contribution < 1.29 is 18.7 Å². The van der Waals surface area contributed by atoms with Gasteiger partial charge in [-0.2, -0.15) is 0 Å². The van der Waals surface area contributed by atoms with Crippen molar-refractivity contribution in [2.75, 3.05) is 51.3 Å². The first-order valence-corrected chi connectivity index (χ1v) is 12.7. The van der Waals surface area contributed by atoms with Crippen molar-refractivity contribution in [3.63, 3.8) is 0 Å². The molecule has 0 spiro atoms. The topological polar surface area (TPSA) is 53.1 Å². The first-order valence-electron chi connectivity index (χ1n) is 12.7. The number of ether oxygens (including phenoxy) is 1. The summed E-state index contributed by atoms with van der Waals surface area (Å²) in [6, 6.07) is 22.0. The number of carbonyl (C=O) groups excluding carboxylic acids is 2. The average molecular weight is 502 g/mol. The monoisotopic (exact) mass is 501 g/mol. The lowest BCUT2D eigenvalue weighted by molar-refractivity contribution is -0.135. The van der Waals surface area contributed by atoms with Gasteiger partial charge < -0.3 is 19.4 Å². The minimum atomic E-state index is -0.546. The summed E-state index contributed by atoms with van der Waals surface area (Å²) >= 11 is 0. The molecule has 0 aromatic heterocycles. The Bertz CT molecular complexity index is 1270. The Labute approximate surface area is 217 Å². The van der Waals surface area contributed by atoms with E-state index in [0.29, 0.717) is 19.6 Å². The molecule has 2 saturated heterocycles. The first-order chi connectivity index (χ1) is 18.0. The predicted molar refractivity (Wildman–Crippen MR) is 142 cm³/mol. The van der Waals surface area contributed by atoms with Crippen molar-refractivity contribution in [1.29, 1.82) is 0 Å². The number of methoxy groups -OCH3 is 1. The van der Waals surface area contributed by atoms with Gasteiger partial charge >= 0.3 is 0 Å². The van der Waals surface area contributed by atoms with Gasteiger partial charge in [-0.3, -0.25) is 9.59 Å². The molecule has 192 valence electrons. The highest BCUT2D eigenvalue weighted by atomic mass is 19.1. The van der Waals surface area contributed by atoms with Crippen molar-refractivity contribution in [3.8, 4) is 5.75 Å². The van der Waals surface area contributed by atoms with Crippen LogP contribution in [0.5, 0.6) is 5.75 Å². The highest BCUT2D eigenvalue weighted by molar-refractivity contribution is 5.95. The van der Waals surface area contributed by atoms with Crippen LogP contribution >= 0.6 is 0 Å². The summed E-state index contributed by atoms with van der Waals surface area (Å²) in [4.78, 5) is 33.0. The maximum absolute atomic E-state index is 14.4. The second-order valence-corrected chi connectivity index (χ2v) is 9.77. The number of rotatable bonds is 5. The Morgan fingerprint density at radius 2 is 1.51 bits per heavy atom. The molecule has 3 aromatic carbocycles. The van der Waals surface area contributed by atoms with E-state index in [1.165, 1.54) is 23.4 Å². The molecule has 2 amide bonds. The summed E-state index contributed by atoms with van der Waals surface area (Å²) in [7, 11) is 1.61. The number of nitrogens with zero attached hydrogens (tertiary/aromatic N) is 3. The fourth-order valence-electron chi connectivity index (χ4n) is 5.53. The molecule has 2 heterocycles. The Balaban J connectivity index is 1.35. The maximum Gasteiger partial charge on any atom is 0.256 e. The van der Waals surface area contributed by atoms with Gasteiger partial charge in [0.15, 0.2) is 0 Å². The Morgan fingerprint density at radius 1 is 0.838 bits per heavy atom. The van der Waals surface area contributed by atoms with Gasteiger partial charge in [-0.25, -0.2) is 4.39 Å². The van der Waals surface area contributed by atoms with Gasteiger partial charge in [0.05, 0.1) is 18.6 Å². The lowest BCUT2D eigenvalue weighted by atomic mass is 9.87. The summed E-state index contributed by atoms with van der Waals surface area (Å²) in [6.45, 7) is 5.50. The van der Waals surface area contributed by atoms with Gasteiger partial charge in [0.1, 0.15) is 11.6 Å². The molecule has 2 aliphatic heterocycles. The number of halogens is 1. The van der Waals surface area contributed by atoms with Gasteiger partial charge in [-0.05, 0) is 48.4 Å². The summed E-state index contributed by atoms with van der Waals surface area (Å²) < 4.78 is 19.7. The lowest BCUT2D eigenvalue weighted by Crippen LogP contribution is -2.51. The van der Waals surface area contributed by atoms with Gasteiger partial charge in [-0.15, -0.1) is 0 Å². The van der Waals surface area contributed by atoms with Crippen molar-refractivity contribution in [2.24, 2.45) is 5.92 Å². The van der Waals surface area contributed by atoms with Crippen LogP contribution in [-0.2, 0) is 4.79 Å². The van der Waals surface area contributed by atoms with Crippen LogP contribution in [0.25, 0.3) is 0 Å². The Morgan fingerprint density at radius 3 is 2.19 bits per heavy atom. The molecule has 0 N–H and O–H groups in total. The fourth-order valence-corrected chi connectivity index (χ4v) is 5.53. The quantitative estimate of drug-likeness (QED) is 0.522. The van der Waals surface area contributed by atoms with E-state index in [-0.39, 0.29) is 29.8 Å². The van der Waals surface area contributed by atoms with Gasteiger partial charge in [0.25, 0.3) is 5.91 Å². The molecule has 2 fully saturated rings. The SMILES string of the molecule is COc1ccc(C2CN(C(=O)c3ccccc3F)CC2C(=O)N2CCN(c3ccccc3C)CC2)cc1. The summed E-state index contributed by atoms with van der Waals surface area (Å²) in [5.41, 5.74) is 3.44. The zero-order valence-electron chi connectivity index (χ0n) is 21.3. The van der Waals surface area contributed by atoms with Crippen LogP contribution in [0, 0.1) is 18.7 Å². The number of para-hydroxylation sites is 1. The van der Waals surface area contributed by atoms with Crippen LogP contribution in [0.3, 0.4) is 0 Å². The fraction of sp³-hybridized carbons (Fsp3) is 0.333. The highest BCUT2D eigenvalue weighted by Gasteiger charge is 2.43. The van der Waals surface area contributed by atoms with E-state index in [4.69, 9.17) is 4.74 Å². The molecule has 0 aliphatic carbocycles. The van der Waals surface area contributed by atoms with Gasteiger partial charge in [0.2, 0.25) is 5.91 Å². The van der Waals surface area contributed by atoms with Gasteiger partial charge in [-0.1, -0.05) is 42.5 Å². The number of benzene rings is 3. The zero-order valence-corrected chi connectivity index (χ0v) is 21.3. The zero-order chi connectivity index (χ0) is 25.9. The van der Waals surface area contributed by atoms with E-state index in [1.807, 2.05) is 41.3 Å². The Hall–Kier alpha value is -3.87. The first kappa shape index (κ1) is 24.8. The van der Waals surface area contributed by atoms with E-state index < -0.39 is 11.7 Å². The molecule has 6 nitrogen and oxygen atoms in total. The third-order valence-electron chi connectivity index (χ3n) is 7.62. The third-order valence-corrected chi connectivity index (χ3v) is 7.62. The molecule has 0 saturated carbocycles. The second kappa shape index (κ2) is 10.6. The van der Waals surface area contributed by atoms with E-state index in [2.05, 4.69) is 24.0 Å². The summed E-state index contributed by atoms with van der Waals surface area (Å²) in [5, 5.41) is 0. The molecule has 3 aromatic rings. The van der Waals surface area contributed by atoms with Gasteiger partial charge in [0, 0.05) is 50.9 Å². The largest absolute Gasteiger partial charge is 0.497 e. The summed E-state index contributed by atoms with van der Waals surface area (Å²) in [5.74, 6) is -0.713. The molecule has 7 heteroatoms. The Kier molecular flexibility index (Phi) is 7.12. The molecular formula is C30H32FN3O3. The average Bonchev–Trinajstić information content (AvgIpc) is 3.38. The van der Waals surface area contributed by atoms with E-state index >= 15 is 0 Å². The number of hydrogen-bond donors (Lipinski definition) is 0. The van der Waals surface area contributed by atoms with Crippen molar-refractivity contribution >= 4 is 17.5 Å². The molecule has 2 atom stereocenters. The molecular weight excluding hydrogens is 469 g/mol. The molecule has 0 bridgehead atoms. The standard InChI is InChI=1S/C30H32FN3O3/c1-21-7-3-6-10-28(21)32-15-17-33(18-16-32)30(36)26-20-34(29(35)24-8-4-5-9-27(24)31)19-25(26)22-11-13-23(37-2)14-12-22/h3-14,25-26H,15-20H2,1-2H3. The molecule has 2 aliphatic rings. The van der Waals surface area contributed by atoms with Crippen LogP contribution in [0.4, 0.5) is 10.1 Å². The molecule has 5 rings (SSSR count). The predicted octanol–water partition coefficient (Wildman–Crippen LogP) is 4.35. The highest BCUT2D eigenvalue weighted by Crippen LogP contribution is 2.36. The second-order valence-electron chi connectivity index (χ2n) is 9.77. The van der Waals surface area contributed by atoms with Crippen LogP contribution in [0.15, 0.2) is 72.8 Å². The maximum atomic E-state index is 14.4. The molecule has 37 heavy (non-hydrogen) atoms. The molecule has 0 radical (unpaired) electrons.